The summed E-state index contributed by atoms with van der Waals surface area (Å²) < 4.78 is 54.0. The van der Waals surface area contributed by atoms with Gasteiger partial charge in [0.1, 0.15) is 11.6 Å². The van der Waals surface area contributed by atoms with E-state index in [9.17, 15) is 17.6 Å². The summed E-state index contributed by atoms with van der Waals surface area (Å²) in [5, 5.41) is 0. The molecule has 2 aromatic rings. The molecule has 2 rings (SSSR count). The Morgan fingerprint density at radius 3 is 2.35 bits per heavy atom. The van der Waals surface area contributed by atoms with E-state index in [1.54, 1.807) is 13.8 Å². The molecular weight excluding hydrogens is 274 g/mol. The first kappa shape index (κ1) is 14.8. The number of aromatic nitrogens is 2. The Morgan fingerprint density at radius 2 is 1.85 bits per heavy atom. The molecule has 20 heavy (non-hydrogen) atoms. The maximum absolute atomic E-state index is 13.2. The van der Waals surface area contributed by atoms with Gasteiger partial charge >= 0.3 is 6.18 Å². The molecule has 0 fully saturated rings. The zero-order chi connectivity index (χ0) is 15.3. The van der Waals surface area contributed by atoms with Gasteiger partial charge in [0.2, 0.25) is 0 Å². The number of fused-ring (bicyclic) bond motifs is 1. The van der Waals surface area contributed by atoms with Crippen LogP contribution in [-0.4, -0.2) is 15.7 Å². The van der Waals surface area contributed by atoms with Gasteiger partial charge in [-0.05, 0) is 32.9 Å². The van der Waals surface area contributed by atoms with Crippen molar-refractivity contribution in [3.05, 3.63) is 29.8 Å². The van der Waals surface area contributed by atoms with Crippen LogP contribution in [0.3, 0.4) is 0 Å². The van der Waals surface area contributed by atoms with Crippen molar-refractivity contribution >= 4 is 11.0 Å². The lowest BCUT2D eigenvalue weighted by molar-refractivity contribution is -0.187. The summed E-state index contributed by atoms with van der Waals surface area (Å²) in [6, 6.07) is 3.41. The Labute approximate surface area is 113 Å². The van der Waals surface area contributed by atoms with Crippen molar-refractivity contribution in [2.24, 2.45) is 5.73 Å². The zero-order valence-electron chi connectivity index (χ0n) is 11.3. The summed E-state index contributed by atoms with van der Waals surface area (Å²) in [6.07, 6.45) is -4.65. The number of nitrogens with two attached hydrogens (primary N) is 1. The summed E-state index contributed by atoms with van der Waals surface area (Å²) >= 11 is 0. The molecule has 0 radical (unpaired) electrons. The third-order valence-corrected chi connectivity index (χ3v) is 3.22. The van der Waals surface area contributed by atoms with Crippen LogP contribution in [0.1, 0.15) is 32.6 Å². The highest BCUT2D eigenvalue weighted by Gasteiger charge is 2.52. The van der Waals surface area contributed by atoms with Gasteiger partial charge in [-0.25, -0.2) is 9.37 Å². The van der Waals surface area contributed by atoms with E-state index < -0.39 is 17.5 Å². The van der Waals surface area contributed by atoms with Gasteiger partial charge in [-0.3, -0.25) is 0 Å². The zero-order valence-corrected chi connectivity index (χ0v) is 11.3. The second-order valence-corrected chi connectivity index (χ2v) is 5.23. The smallest absolute Gasteiger partial charge is 0.324 e. The average Bonchev–Trinajstić information content (AvgIpc) is 2.66. The molecule has 0 saturated carbocycles. The van der Waals surface area contributed by atoms with Gasteiger partial charge in [0.05, 0.1) is 11.0 Å². The van der Waals surface area contributed by atoms with Crippen molar-refractivity contribution in [2.75, 3.05) is 0 Å². The van der Waals surface area contributed by atoms with Gasteiger partial charge in [-0.15, -0.1) is 0 Å². The molecule has 0 aliphatic rings. The highest BCUT2D eigenvalue weighted by atomic mass is 19.4. The van der Waals surface area contributed by atoms with Crippen LogP contribution < -0.4 is 5.73 Å². The van der Waals surface area contributed by atoms with Crippen LogP contribution in [0.15, 0.2) is 18.2 Å². The summed E-state index contributed by atoms with van der Waals surface area (Å²) in [7, 11) is 0. The lowest BCUT2D eigenvalue weighted by atomic mass is 10.0. The number of hydrogen-bond acceptors (Lipinski definition) is 2. The second-order valence-electron chi connectivity index (χ2n) is 5.23. The monoisotopic (exact) mass is 289 g/mol. The SMILES string of the molecule is CC(C)n1c(C(C)(N)C(F)(F)F)nc2cc(F)ccc21. The lowest BCUT2D eigenvalue weighted by Gasteiger charge is -2.28. The fourth-order valence-corrected chi connectivity index (χ4v) is 2.09. The molecule has 0 spiro atoms. The molecule has 1 heterocycles. The molecule has 0 amide bonds. The molecule has 2 N–H and O–H groups in total. The third kappa shape index (κ3) is 2.15. The van der Waals surface area contributed by atoms with Crippen LogP contribution in [0.4, 0.5) is 17.6 Å². The van der Waals surface area contributed by atoms with Crippen LogP contribution >= 0.6 is 0 Å². The fraction of sp³-hybridized carbons (Fsp3) is 0.462. The number of halogens is 4. The molecule has 1 aromatic heterocycles. The van der Waals surface area contributed by atoms with Crippen LogP contribution in [0.5, 0.6) is 0 Å². The maximum Gasteiger partial charge on any atom is 0.413 e. The molecule has 0 aliphatic carbocycles. The van der Waals surface area contributed by atoms with Gasteiger partial charge in [0.25, 0.3) is 0 Å². The quantitative estimate of drug-likeness (QED) is 0.860. The van der Waals surface area contributed by atoms with Crippen molar-refractivity contribution in [1.82, 2.24) is 9.55 Å². The van der Waals surface area contributed by atoms with Crippen molar-refractivity contribution < 1.29 is 17.6 Å². The molecule has 1 unspecified atom stereocenters. The van der Waals surface area contributed by atoms with E-state index in [0.717, 1.165) is 13.0 Å². The van der Waals surface area contributed by atoms with Gasteiger partial charge in [0, 0.05) is 12.1 Å². The number of rotatable bonds is 2. The first-order valence-corrected chi connectivity index (χ1v) is 6.09. The minimum atomic E-state index is -4.65. The van der Waals surface area contributed by atoms with E-state index in [2.05, 4.69) is 4.98 Å². The minimum Gasteiger partial charge on any atom is -0.324 e. The van der Waals surface area contributed by atoms with Crippen LogP contribution in [0.25, 0.3) is 11.0 Å². The molecule has 0 bridgehead atoms. The van der Waals surface area contributed by atoms with E-state index >= 15 is 0 Å². The molecule has 0 aliphatic heterocycles. The first-order valence-electron chi connectivity index (χ1n) is 6.09. The normalized spacial score (nSPS) is 15.8. The van der Waals surface area contributed by atoms with Crippen LogP contribution in [0.2, 0.25) is 0 Å². The minimum absolute atomic E-state index is 0.162. The predicted octanol–water partition coefficient (Wildman–Crippen LogP) is 3.49. The van der Waals surface area contributed by atoms with Gasteiger partial charge in [-0.2, -0.15) is 13.2 Å². The number of nitrogens with zero attached hydrogens (tertiary/aromatic N) is 2. The summed E-state index contributed by atoms with van der Waals surface area (Å²) in [6.45, 7) is 4.31. The number of alkyl halides is 3. The second kappa shape index (κ2) is 4.44. The predicted molar refractivity (Wildman–Crippen MR) is 67.7 cm³/mol. The average molecular weight is 289 g/mol. The standard InChI is InChI=1S/C13H15F4N3/c1-7(2)20-10-5-4-8(14)6-9(10)19-11(20)12(3,18)13(15,16)17/h4-7H,18H2,1-3H3. The molecular formula is C13H15F4N3. The molecule has 3 nitrogen and oxygen atoms in total. The van der Waals surface area contributed by atoms with Gasteiger partial charge < -0.3 is 10.3 Å². The molecule has 0 saturated heterocycles. The topological polar surface area (TPSA) is 43.8 Å². The Morgan fingerprint density at radius 1 is 1.25 bits per heavy atom. The Bertz CT molecular complexity index is 641. The van der Waals surface area contributed by atoms with E-state index in [1.165, 1.54) is 16.7 Å². The summed E-state index contributed by atoms with van der Waals surface area (Å²) in [4.78, 5) is 3.91. The number of benzene rings is 1. The summed E-state index contributed by atoms with van der Waals surface area (Å²) in [5.41, 5.74) is 3.44. The van der Waals surface area contributed by atoms with Crippen LogP contribution in [0, 0.1) is 5.82 Å². The molecule has 7 heteroatoms. The first-order chi connectivity index (χ1) is 9.05. The van der Waals surface area contributed by atoms with E-state index in [-0.39, 0.29) is 17.4 Å². The van der Waals surface area contributed by atoms with E-state index in [1.807, 2.05) is 0 Å². The third-order valence-electron chi connectivity index (χ3n) is 3.22. The largest absolute Gasteiger partial charge is 0.413 e. The molecule has 110 valence electrons. The molecule has 1 atom stereocenters. The number of hydrogen-bond donors (Lipinski definition) is 1. The van der Waals surface area contributed by atoms with Gasteiger partial charge in [-0.1, -0.05) is 0 Å². The Hall–Kier alpha value is -1.63. The molecule has 1 aromatic carbocycles. The Kier molecular flexibility index (Phi) is 3.28. The van der Waals surface area contributed by atoms with Crippen molar-refractivity contribution in [2.45, 2.75) is 38.5 Å². The van der Waals surface area contributed by atoms with Gasteiger partial charge in [0.15, 0.2) is 5.54 Å². The van der Waals surface area contributed by atoms with E-state index in [0.29, 0.717) is 5.52 Å². The van der Waals surface area contributed by atoms with Crippen molar-refractivity contribution in [1.29, 1.82) is 0 Å². The summed E-state index contributed by atoms with van der Waals surface area (Å²) in [5.74, 6) is -0.871. The van der Waals surface area contributed by atoms with Crippen molar-refractivity contribution in [3.63, 3.8) is 0 Å². The Balaban J connectivity index is 2.79. The van der Waals surface area contributed by atoms with Crippen LogP contribution in [-0.2, 0) is 5.54 Å². The fourth-order valence-electron chi connectivity index (χ4n) is 2.09. The van der Waals surface area contributed by atoms with Crippen molar-refractivity contribution in [3.8, 4) is 0 Å². The van der Waals surface area contributed by atoms with E-state index in [4.69, 9.17) is 5.73 Å². The lowest BCUT2D eigenvalue weighted by Crippen LogP contribution is -2.49. The highest BCUT2D eigenvalue weighted by Crippen LogP contribution is 2.38. The highest BCUT2D eigenvalue weighted by molar-refractivity contribution is 5.76. The maximum atomic E-state index is 13.2. The number of imidazole rings is 1.